The number of carbonyl (C=O) groups is 1. The van der Waals surface area contributed by atoms with Crippen molar-refractivity contribution in [3.63, 3.8) is 0 Å². The lowest BCUT2D eigenvalue weighted by atomic mass is 10.2. The summed E-state index contributed by atoms with van der Waals surface area (Å²) in [6.45, 7) is 4.70. The molecule has 2 rings (SSSR count). The van der Waals surface area contributed by atoms with Gasteiger partial charge in [0, 0.05) is 17.1 Å². The Hall–Kier alpha value is -2.08. The van der Waals surface area contributed by atoms with Crippen molar-refractivity contribution >= 4 is 28.1 Å². The van der Waals surface area contributed by atoms with Gasteiger partial charge in [0.05, 0.1) is 12.2 Å². The molecule has 0 radical (unpaired) electrons. The molecule has 0 spiro atoms. The third kappa shape index (κ3) is 3.48. The molecular formula is C14H18N4OS. The van der Waals surface area contributed by atoms with Crippen LogP contribution in [0.2, 0.25) is 0 Å². The molecule has 0 unspecified atom stereocenters. The first-order chi connectivity index (χ1) is 9.45. The van der Waals surface area contributed by atoms with Crippen LogP contribution in [-0.2, 0) is 11.3 Å². The SMILES string of the molecule is Cc1nc(N(CC(N)=O)Cc2ccc(N)cc2)sc1C. The highest BCUT2D eigenvalue weighted by Crippen LogP contribution is 2.26. The van der Waals surface area contributed by atoms with E-state index in [4.69, 9.17) is 11.5 Å². The second kappa shape index (κ2) is 5.92. The highest BCUT2D eigenvalue weighted by Gasteiger charge is 2.15. The minimum Gasteiger partial charge on any atom is -0.399 e. The summed E-state index contributed by atoms with van der Waals surface area (Å²) in [5, 5.41) is 0.815. The zero-order valence-electron chi connectivity index (χ0n) is 11.6. The van der Waals surface area contributed by atoms with Crippen LogP contribution in [0.15, 0.2) is 24.3 Å². The zero-order chi connectivity index (χ0) is 14.7. The van der Waals surface area contributed by atoms with Gasteiger partial charge < -0.3 is 16.4 Å². The highest BCUT2D eigenvalue weighted by molar-refractivity contribution is 7.15. The number of hydrogen-bond donors (Lipinski definition) is 2. The summed E-state index contributed by atoms with van der Waals surface area (Å²) in [6.07, 6.45) is 0. The van der Waals surface area contributed by atoms with E-state index < -0.39 is 0 Å². The van der Waals surface area contributed by atoms with Gasteiger partial charge in [0.15, 0.2) is 5.13 Å². The van der Waals surface area contributed by atoms with E-state index in [1.54, 1.807) is 11.3 Å². The second-order valence-electron chi connectivity index (χ2n) is 4.70. The number of thiazole rings is 1. The average Bonchev–Trinajstić information content (AvgIpc) is 2.71. The molecule has 0 aliphatic heterocycles. The fourth-order valence-electron chi connectivity index (χ4n) is 1.81. The molecule has 1 aromatic heterocycles. The first-order valence-electron chi connectivity index (χ1n) is 6.27. The van der Waals surface area contributed by atoms with Crippen LogP contribution < -0.4 is 16.4 Å². The normalized spacial score (nSPS) is 10.5. The minimum atomic E-state index is -0.369. The van der Waals surface area contributed by atoms with Crippen molar-refractivity contribution < 1.29 is 4.79 Å². The Labute approximate surface area is 122 Å². The van der Waals surface area contributed by atoms with E-state index in [1.165, 1.54) is 0 Å². The van der Waals surface area contributed by atoms with Crippen LogP contribution in [0.3, 0.4) is 0 Å². The van der Waals surface area contributed by atoms with E-state index in [-0.39, 0.29) is 12.5 Å². The number of nitrogen functional groups attached to an aromatic ring is 1. The Kier molecular flexibility index (Phi) is 4.24. The van der Waals surface area contributed by atoms with Crippen LogP contribution in [0.1, 0.15) is 16.1 Å². The largest absolute Gasteiger partial charge is 0.399 e. The molecule has 1 heterocycles. The number of aryl methyl sites for hydroxylation is 2. The van der Waals surface area contributed by atoms with Gasteiger partial charge in [-0.15, -0.1) is 11.3 Å². The molecule has 0 saturated heterocycles. The van der Waals surface area contributed by atoms with Gasteiger partial charge in [0.1, 0.15) is 0 Å². The molecule has 20 heavy (non-hydrogen) atoms. The molecule has 0 aliphatic rings. The number of hydrogen-bond acceptors (Lipinski definition) is 5. The fourth-order valence-corrected chi connectivity index (χ4v) is 2.72. The number of anilines is 2. The molecule has 5 nitrogen and oxygen atoms in total. The number of nitrogens with two attached hydrogens (primary N) is 2. The second-order valence-corrected chi connectivity index (χ2v) is 5.88. The highest BCUT2D eigenvalue weighted by atomic mass is 32.1. The third-order valence-electron chi connectivity index (χ3n) is 2.99. The van der Waals surface area contributed by atoms with E-state index in [2.05, 4.69) is 4.98 Å². The molecular weight excluding hydrogens is 272 g/mol. The van der Waals surface area contributed by atoms with Crippen LogP contribution >= 0.6 is 11.3 Å². The number of rotatable bonds is 5. The summed E-state index contributed by atoms with van der Waals surface area (Å²) < 4.78 is 0. The molecule has 6 heteroatoms. The Morgan fingerprint density at radius 2 is 1.95 bits per heavy atom. The van der Waals surface area contributed by atoms with E-state index in [9.17, 15) is 4.79 Å². The Morgan fingerprint density at radius 1 is 1.30 bits per heavy atom. The fraction of sp³-hybridized carbons (Fsp3) is 0.286. The molecule has 0 atom stereocenters. The maximum absolute atomic E-state index is 11.3. The number of nitrogens with zero attached hydrogens (tertiary/aromatic N) is 2. The lowest BCUT2D eigenvalue weighted by molar-refractivity contribution is -0.116. The molecule has 1 amide bonds. The van der Waals surface area contributed by atoms with Crippen molar-refractivity contribution in [2.75, 3.05) is 17.2 Å². The van der Waals surface area contributed by atoms with Crippen molar-refractivity contribution in [3.8, 4) is 0 Å². The Morgan fingerprint density at radius 3 is 2.45 bits per heavy atom. The van der Waals surface area contributed by atoms with Crippen molar-refractivity contribution in [1.29, 1.82) is 0 Å². The molecule has 4 N–H and O–H groups in total. The van der Waals surface area contributed by atoms with Gasteiger partial charge in [-0.05, 0) is 31.5 Å². The average molecular weight is 290 g/mol. The van der Waals surface area contributed by atoms with Gasteiger partial charge in [-0.3, -0.25) is 4.79 Å². The van der Waals surface area contributed by atoms with Gasteiger partial charge in [0.25, 0.3) is 0 Å². The van der Waals surface area contributed by atoms with Crippen molar-refractivity contribution in [1.82, 2.24) is 4.98 Å². The zero-order valence-corrected chi connectivity index (χ0v) is 12.4. The standard InChI is InChI=1S/C14H18N4OS/c1-9-10(2)20-14(17-9)18(8-13(16)19)7-11-3-5-12(15)6-4-11/h3-6H,7-8,15H2,1-2H3,(H2,16,19). The predicted molar refractivity (Wildman–Crippen MR) is 82.7 cm³/mol. The molecule has 106 valence electrons. The summed E-state index contributed by atoms with van der Waals surface area (Å²) in [6, 6.07) is 7.57. The van der Waals surface area contributed by atoms with E-state index >= 15 is 0 Å². The number of aromatic nitrogens is 1. The molecule has 0 bridgehead atoms. The van der Waals surface area contributed by atoms with E-state index in [0.29, 0.717) is 6.54 Å². The van der Waals surface area contributed by atoms with Gasteiger partial charge in [-0.2, -0.15) is 0 Å². The van der Waals surface area contributed by atoms with Crippen LogP contribution in [0.5, 0.6) is 0 Å². The Bertz CT molecular complexity index is 587. The molecule has 0 aliphatic carbocycles. The summed E-state index contributed by atoms with van der Waals surface area (Å²) in [4.78, 5) is 18.8. The number of primary amides is 1. The topological polar surface area (TPSA) is 85.2 Å². The van der Waals surface area contributed by atoms with Gasteiger partial charge >= 0.3 is 0 Å². The summed E-state index contributed by atoms with van der Waals surface area (Å²) in [5.74, 6) is -0.369. The van der Waals surface area contributed by atoms with Gasteiger partial charge in [0.2, 0.25) is 5.91 Å². The summed E-state index contributed by atoms with van der Waals surface area (Å²) in [5.41, 5.74) is 13.8. The summed E-state index contributed by atoms with van der Waals surface area (Å²) >= 11 is 1.57. The van der Waals surface area contributed by atoms with Crippen molar-refractivity contribution in [2.24, 2.45) is 5.73 Å². The van der Waals surface area contributed by atoms with E-state index in [0.717, 1.165) is 27.0 Å². The van der Waals surface area contributed by atoms with Crippen LogP contribution in [0.4, 0.5) is 10.8 Å². The van der Waals surface area contributed by atoms with Crippen LogP contribution in [0.25, 0.3) is 0 Å². The van der Waals surface area contributed by atoms with Gasteiger partial charge in [-0.1, -0.05) is 12.1 Å². The van der Waals surface area contributed by atoms with Crippen molar-refractivity contribution in [2.45, 2.75) is 20.4 Å². The van der Waals surface area contributed by atoms with E-state index in [1.807, 2.05) is 43.0 Å². The lowest BCUT2D eigenvalue weighted by Crippen LogP contribution is -2.33. The quantitative estimate of drug-likeness (QED) is 0.823. The summed E-state index contributed by atoms with van der Waals surface area (Å²) in [7, 11) is 0. The van der Waals surface area contributed by atoms with Crippen molar-refractivity contribution in [3.05, 3.63) is 40.4 Å². The van der Waals surface area contributed by atoms with Crippen LogP contribution in [-0.4, -0.2) is 17.4 Å². The molecule has 0 fully saturated rings. The number of amides is 1. The number of benzene rings is 1. The maximum Gasteiger partial charge on any atom is 0.237 e. The first kappa shape index (κ1) is 14.3. The molecule has 0 saturated carbocycles. The number of carbonyl (C=O) groups excluding carboxylic acids is 1. The third-order valence-corrected chi connectivity index (χ3v) is 4.12. The smallest absolute Gasteiger partial charge is 0.237 e. The molecule has 2 aromatic rings. The van der Waals surface area contributed by atoms with Crippen LogP contribution in [0, 0.1) is 13.8 Å². The predicted octanol–water partition coefficient (Wildman–Crippen LogP) is 1.83. The lowest BCUT2D eigenvalue weighted by Gasteiger charge is -2.20. The monoisotopic (exact) mass is 290 g/mol. The maximum atomic E-state index is 11.3. The van der Waals surface area contributed by atoms with Gasteiger partial charge in [-0.25, -0.2) is 4.98 Å². The Balaban J connectivity index is 2.23. The first-order valence-corrected chi connectivity index (χ1v) is 7.09. The molecule has 1 aromatic carbocycles. The minimum absolute atomic E-state index is 0.150.